The number of nitrogens with one attached hydrogen (secondary N) is 1. The Bertz CT molecular complexity index is 892. The zero-order valence-electron chi connectivity index (χ0n) is 18.2. The van der Waals surface area contributed by atoms with Crippen LogP contribution in [-0.4, -0.2) is 66.8 Å². The molecule has 7 heteroatoms. The van der Waals surface area contributed by atoms with Crippen LogP contribution in [0, 0.1) is 0 Å². The maximum atomic E-state index is 13.1. The number of rotatable bonds is 9. The van der Waals surface area contributed by atoms with E-state index in [2.05, 4.69) is 63.7 Å². The second-order valence-corrected chi connectivity index (χ2v) is 8.77. The molecule has 2 amide bonds. The van der Waals surface area contributed by atoms with Crippen LogP contribution in [0.15, 0.2) is 72.2 Å². The predicted octanol–water partition coefficient (Wildman–Crippen LogP) is 4.53. The van der Waals surface area contributed by atoms with Crippen LogP contribution in [0.5, 0.6) is 0 Å². The summed E-state index contributed by atoms with van der Waals surface area (Å²) in [5.41, 5.74) is 2.54. The largest absolute Gasteiger partial charge is 0.379 e. The van der Waals surface area contributed by atoms with Crippen LogP contribution in [-0.2, 0) is 4.74 Å². The van der Waals surface area contributed by atoms with E-state index in [-0.39, 0.29) is 11.9 Å². The first-order valence-corrected chi connectivity index (χ1v) is 12.0. The van der Waals surface area contributed by atoms with E-state index in [0.29, 0.717) is 18.2 Å². The first-order chi connectivity index (χ1) is 15.8. The smallest absolute Gasteiger partial charge is 0.323 e. The van der Waals surface area contributed by atoms with E-state index in [1.807, 2.05) is 22.4 Å². The van der Waals surface area contributed by atoms with Crippen molar-refractivity contribution in [2.75, 3.05) is 51.3 Å². The number of thiazole rings is 1. The van der Waals surface area contributed by atoms with Crippen LogP contribution in [0.2, 0.25) is 0 Å². The normalized spacial score (nSPS) is 14.4. The molecule has 0 bridgehead atoms. The summed E-state index contributed by atoms with van der Waals surface area (Å²) < 4.78 is 5.46. The molecule has 0 atom stereocenters. The van der Waals surface area contributed by atoms with Gasteiger partial charge in [-0.3, -0.25) is 10.2 Å². The second kappa shape index (κ2) is 11.8. The minimum atomic E-state index is -0.0897. The first-order valence-electron chi connectivity index (χ1n) is 11.1. The first kappa shape index (κ1) is 22.5. The molecule has 4 rings (SSSR count). The number of carbonyl (C=O) groups is 1. The summed E-state index contributed by atoms with van der Waals surface area (Å²) in [7, 11) is 0. The van der Waals surface area contributed by atoms with Gasteiger partial charge in [-0.2, -0.15) is 0 Å². The molecule has 0 unspecified atom stereocenters. The van der Waals surface area contributed by atoms with Crippen molar-refractivity contribution in [3.05, 3.63) is 83.4 Å². The minimum absolute atomic E-state index is 0.0897. The summed E-state index contributed by atoms with van der Waals surface area (Å²) in [5.74, 6) is 0.232. The predicted molar refractivity (Wildman–Crippen MR) is 129 cm³/mol. The van der Waals surface area contributed by atoms with E-state index in [1.54, 1.807) is 6.20 Å². The number of anilines is 1. The molecule has 1 aliphatic heterocycles. The number of nitrogens with zero attached hydrogens (tertiary/aromatic N) is 3. The molecule has 2 heterocycles. The lowest BCUT2D eigenvalue weighted by Gasteiger charge is -2.31. The van der Waals surface area contributed by atoms with Gasteiger partial charge in [0, 0.05) is 50.2 Å². The van der Waals surface area contributed by atoms with Crippen LogP contribution in [0.4, 0.5) is 9.93 Å². The highest BCUT2D eigenvalue weighted by Crippen LogP contribution is 2.28. The number of hydrogen-bond acceptors (Lipinski definition) is 5. The van der Waals surface area contributed by atoms with E-state index >= 15 is 0 Å². The molecule has 1 N–H and O–H groups in total. The molecule has 3 aromatic rings. The highest BCUT2D eigenvalue weighted by molar-refractivity contribution is 7.13. The van der Waals surface area contributed by atoms with Gasteiger partial charge in [0.05, 0.1) is 13.2 Å². The summed E-state index contributed by atoms with van der Waals surface area (Å²) in [4.78, 5) is 21.6. The molecule has 1 aliphatic rings. The molecule has 0 aliphatic carbocycles. The number of aromatic nitrogens is 1. The van der Waals surface area contributed by atoms with Gasteiger partial charge in [0.25, 0.3) is 0 Å². The zero-order valence-corrected chi connectivity index (χ0v) is 19.0. The Balaban J connectivity index is 1.46. The van der Waals surface area contributed by atoms with Crippen LogP contribution >= 0.6 is 11.3 Å². The van der Waals surface area contributed by atoms with Gasteiger partial charge in [-0.25, -0.2) is 9.78 Å². The number of urea groups is 1. The van der Waals surface area contributed by atoms with Gasteiger partial charge in [-0.05, 0) is 17.5 Å². The minimum Gasteiger partial charge on any atom is -0.379 e. The van der Waals surface area contributed by atoms with Gasteiger partial charge in [0.2, 0.25) is 0 Å². The summed E-state index contributed by atoms with van der Waals surface area (Å²) in [6.07, 6.45) is 2.56. The highest BCUT2D eigenvalue weighted by atomic mass is 32.1. The average molecular weight is 451 g/mol. The van der Waals surface area contributed by atoms with Gasteiger partial charge in [-0.15, -0.1) is 11.3 Å². The van der Waals surface area contributed by atoms with Gasteiger partial charge < -0.3 is 9.64 Å². The summed E-state index contributed by atoms with van der Waals surface area (Å²) in [6, 6.07) is 21.0. The van der Waals surface area contributed by atoms with Crippen molar-refractivity contribution in [1.29, 1.82) is 0 Å². The molecule has 2 aromatic carbocycles. The Labute approximate surface area is 193 Å². The number of benzene rings is 2. The lowest BCUT2D eigenvalue weighted by atomic mass is 9.88. The number of amides is 2. The third kappa shape index (κ3) is 6.38. The van der Waals surface area contributed by atoms with Crippen molar-refractivity contribution in [3.8, 4) is 0 Å². The van der Waals surface area contributed by atoms with E-state index in [1.165, 1.54) is 22.5 Å². The standard InChI is InChI=1S/C25H30N4O2S/c30-25(27-24-26-12-20-32-24)29(15-14-28-16-18-31-19-17-28)13-11-23(21-7-3-1-4-8-21)22-9-5-2-6-10-22/h1-10,12,20,23H,11,13-19H2,(H,26,27,30). The van der Waals surface area contributed by atoms with E-state index < -0.39 is 0 Å². The number of carbonyl (C=O) groups excluding carboxylic acids is 1. The molecule has 0 spiro atoms. The average Bonchev–Trinajstić information content (AvgIpc) is 3.36. The van der Waals surface area contributed by atoms with Crippen molar-refractivity contribution in [2.45, 2.75) is 12.3 Å². The Hall–Kier alpha value is -2.74. The fourth-order valence-corrected chi connectivity index (χ4v) is 4.56. The molecule has 32 heavy (non-hydrogen) atoms. The third-order valence-electron chi connectivity index (χ3n) is 5.81. The maximum absolute atomic E-state index is 13.1. The van der Waals surface area contributed by atoms with Crippen LogP contribution in [0.3, 0.4) is 0 Å². The molecule has 0 radical (unpaired) electrons. The van der Waals surface area contributed by atoms with Crippen molar-refractivity contribution in [2.24, 2.45) is 0 Å². The fourth-order valence-electron chi connectivity index (χ4n) is 4.04. The molecular weight excluding hydrogens is 420 g/mol. The molecule has 168 valence electrons. The number of morpholine rings is 1. The highest BCUT2D eigenvalue weighted by Gasteiger charge is 2.21. The number of hydrogen-bond donors (Lipinski definition) is 1. The van der Waals surface area contributed by atoms with E-state index in [4.69, 9.17) is 4.74 Å². The van der Waals surface area contributed by atoms with Gasteiger partial charge in [-0.1, -0.05) is 60.7 Å². The van der Waals surface area contributed by atoms with Crippen molar-refractivity contribution >= 4 is 22.5 Å². The van der Waals surface area contributed by atoms with Crippen molar-refractivity contribution in [1.82, 2.24) is 14.8 Å². The Morgan fingerprint density at radius 3 is 2.28 bits per heavy atom. The Morgan fingerprint density at radius 2 is 1.69 bits per heavy atom. The molecule has 0 saturated carbocycles. The monoisotopic (exact) mass is 450 g/mol. The van der Waals surface area contributed by atoms with Gasteiger partial charge in [0.15, 0.2) is 5.13 Å². The molecule has 1 saturated heterocycles. The summed E-state index contributed by atoms with van der Waals surface area (Å²) >= 11 is 1.44. The summed E-state index contributed by atoms with van der Waals surface area (Å²) in [5, 5.41) is 5.47. The zero-order chi connectivity index (χ0) is 22.0. The van der Waals surface area contributed by atoms with E-state index in [0.717, 1.165) is 39.3 Å². The van der Waals surface area contributed by atoms with Gasteiger partial charge in [0.1, 0.15) is 0 Å². The van der Waals surface area contributed by atoms with Crippen LogP contribution in [0.1, 0.15) is 23.5 Å². The second-order valence-electron chi connectivity index (χ2n) is 7.87. The van der Waals surface area contributed by atoms with Crippen LogP contribution in [0.25, 0.3) is 0 Å². The quantitative estimate of drug-likeness (QED) is 0.520. The molecule has 1 aromatic heterocycles. The molecule has 6 nitrogen and oxygen atoms in total. The van der Waals surface area contributed by atoms with Gasteiger partial charge >= 0.3 is 6.03 Å². The Morgan fingerprint density at radius 1 is 1.03 bits per heavy atom. The lowest BCUT2D eigenvalue weighted by molar-refractivity contribution is 0.0351. The Kier molecular flexibility index (Phi) is 8.25. The topological polar surface area (TPSA) is 57.7 Å². The molecular formula is C25H30N4O2S. The molecule has 1 fully saturated rings. The lowest BCUT2D eigenvalue weighted by Crippen LogP contribution is -2.44. The summed E-state index contributed by atoms with van der Waals surface area (Å²) in [6.45, 7) is 5.53. The number of ether oxygens (including phenoxy) is 1. The maximum Gasteiger partial charge on any atom is 0.323 e. The third-order valence-corrected chi connectivity index (χ3v) is 6.50. The van der Waals surface area contributed by atoms with Crippen molar-refractivity contribution in [3.63, 3.8) is 0 Å². The SMILES string of the molecule is O=C(Nc1nccs1)N(CCC(c1ccccc1)c1ccccc1)CCN1CCOCC1. The van der Waals surface area contributed by atoms with Crippen molar-refractivity contribution < 1.29 is 9.53 Å². The van der Waals surface area contributed by atoms with Crippen LogP contribution < -0.4 is 5.32 Å². The van der Waals surface area contributed by atoms with E-state index in [9.17, 15) is 4.79 Å². The fraction of sp³-hybridized carbons (Fsp3) is 0.360.